The maximum Gasteiger partial charge on any atom is 0.273 e. The average Bonchev–Trinajstić information content (AvgIpc) is 2.63. The topological polar surface area (TPSA) is 103 Å². The number of nitrogens with zero attached hydrogens (tertiary/aromatic N) is 2. The van der Waals surface area contributed by atoms with E-state index >= 15 is 0 Å². The van der Waals surface area contributed by atoms with E-state index in [1.807, 2.05) is 6.92 Å². The number of para-hydroxylation sites is 1. The standard InChI is InChI=1S/C18H19N3O5/c1-3-26-16-9-8-13(10-17(16)25-2)12-19-20-18(22)11-14-6-4-5-7-15(14)21(23)24/h4-10,12H,3,11H2,1-2H3,(H,20,22)/b19-12+. The van der Waals surface area contributed by atoms with Gasteiger partial charge in [-0.15, -0.1) is 0 Å². The van der Waals surface area contributed by atoms with Crippen LogP contribution in [0.3, 0.4) is 0 Å². The first-order valence-corrected chi connectivity index (χ1v) is 7.90. The van der Waals surface area contributed by atoms with Gasteiger partial charge in [0.25, 0.3) is 5.69 Å². The lowest BCUT2D eigenvalue weighted by molar-refractivity contribution is -0.385. The Hall–Kier alpha value is -3.42. The van der Waals surface area contributed by atoms with E-state index in [1.165, 1.54) is 19.4 Å². The zero-order chi connectivity index (χ0) is 18.9. The molecule has 0 bridgehead atoms. The molecule has 136 valence electrons. The molecule has 0 saturated heterocycles. The van der Waals surface area contributed by atoms with E-state index in [-0.39, 0.29) is 12.1 Å². The lowest BCUT2D eigenvalue weighted by Gasteiger charge is -2.09. The van der Waals surface area contributed by atoms with Crippen molar-refractivity contribution in [3.63, 3.8) is 0 Å². The van der Waals surface area contributed by atoms with Crippen LogP contribution in [0, 0.1) is 10.1 Å². The number of nitrogens with one attached hydrogen (secondary N) is 1. The highest BCUT2D eigenvalue weighted by molar-refractivity contribution is 5.84. The summed E-state index contributed by atoms with van der Waals surface area (Å²) in [6, 6.07) is 11.3. The third-order valence-corrected chi connectivity index (χ3v) is 3.43. The molecule has 0 atom stereocenters. The Morgan fingerprint density at radius 3 is 2.73 bits per heavy atom. The van der Waals surface area contributed by atoms with Crippen molar-refractivity contribution in [3.8, 4) is 11.5 Å². The van der Waals surface area contributed by atoms with E-state index < -0.39 is 10.8 Å². The molecule has 0 spiro atoms. The molecule has 0 saturated carbocycles. The number of nitro groups is 1. The number of carbonyl (C=O) groups excluding carboxylic acids is 1. The van der Waals surface area contributed by atoms with Gasteiger partial charge in [0.05, 0.1) is 31.3 Å². The largest absolute Gasteiger partial charge is 0.493 e. The molecule has 0 aliphatic heterocycles. The fourth-order valence-electron chi connectivity index (χ4n) is 2.27. The van der Waals surface area contributed by atoms with Crippen molar-refractivity contribution in [1.29, 1.82) is 0 Å². The van der Waals surface area contributed by atoms with Crippen molar-refractivity contribution >= 4 is 17.8 Å². The molecule has 1 amide bonds. The first kappa shape index (κ1) is 18.9. The molecule has 0 aliphatic carbocycles. The Kier molecular flexibility index (Phi) is 6.67. The van der Waals surface area contributed by atoms with Gasteiger partial charge in [0.15, 0.2) is 11.5 Å². The van der Waals surface area contributed by atoms with E-state index in [1.54, 1.807) is 36.4 Å². The minimum absolute atomic E-state index is 0.0946. The Balaban J connectivity index is 2.00. The zero-order valence-corrected chi connectivity index (χ0v) is 14.5. The SMILES string of the molecule is CCOc1ccc(/C=N/NC(=O)Cc2ccccc2[N+](=O)[O-])cc1OC. The second kappa shape index (κ2) is 9.16. The molecule has 0 unspecified atom stereocenters. The van der Waals surface area contributed by atoms with Crippen LogP contribution in [0.4, 0.5) is 5.69 Å². The van der Waals surface area contributed by atoms with Crippen molar-refractivity contribution in [2.45, 2.75) is 13.3 Å². The quantitative estimate of drug-likeness (QED) is 0.444. The summed E-state index contributed by atoms with van der Waals surface area (Å²) in [5.41, 5.74) is 3.30. The molecule has 0 heterocycles. The van der Waals surface area contributed by atoms with Crippen LogP contribution in [0.1, 0.15) is 18.1 Å². The molecular weight excluding hydrogens is 338 g/mol. The molecule has 1 N–H and O–H groups in total. The van der Waals surface area contributed by atoms with Crippen LogP contribution in [-0.4, -0.2) is 30.8 Å². The van der Waals surface area contributed by atoms with Gasteiger partial charge < -0.3 is 9.47 Å². The van der Waals surface area contributed by atoms with E-state index in [2.05, 4.69) is 10.5 Å². The highest BCUT2D eigenvalue weighted by atomic mass is 16.6. The Morgan fingerprint density at radius 1 is 1.27 bits per heavy atom. The Morgan fingerprint density at radius 2 is 2.04 bits per heavy atom. The van der Waals surface area contributed by atoms with Crippen LogP contribution in [0.5, 0.6) is 11.5 Å². The summed E-state index contributed by atoms with van der Waals surface area (Å²) in [6.07, 6.45) is 1.32. The van der Waals surface area contributed by atoms with E-state index in [0.717, 1.165) is 0 Å². The summed E-state index contributed by atoms with van der Waals surface area (Å²) in [5.74, 6) is 0.725. The molecule has 0 aliphatic rings. The van der Waals surface area contributed by atoms with E-state index in [9.17, 15) is 14.9 Å². The van der Waals surface area contributed by atoms with Crippen LogP contribution in [-0.2, 0) is 11.2 Å². The predicted octanol–water partition coefficient (Wildman–Crippen LogP) is 2.69. The van der Waals surface area contributed by atoms with Crippen molar-refractivity contribution in [2.75, 3.05) is 13.7 Å². The predicted molar refractivity (Wildman–Crippen MR) is 96.7 cm³/mol. The van der Waals surface area contributed by atoms with Gasteiger partial charge in [0.2, 0.25) is 5.91 Å². The first-order valence-electron chi connectivity index (χ1n) is 7.90. The van der Waals surface area contributed by atoms with Gasteiger partial charge in [0.1, 0.15) is 0 Å². The molecular formula is C18H19N3O5. The Labute approximate surface area is 150 Å². The fourth-order valence-corrected chi connectivity index (χ4v) is 2.27. The number of hydrogen-bond donors (Lipinski definition) is 1. The van der Waals surface area contributed by atoms with Crippen molar-refractivity contribution in [2.24, 2.45) is 5.10 Å². The molecule has 2 rings (SSSR count). The molecule has 2 aromatic carbocycles. The highest BCUT2D eigenvalue weighted by Gasteiger charge is 2.15. The van der Waals surface area contributed by atoms with Crippen molar-refractivity contribution in [1.82, 2.24) is 5.43 Å². The second-order valence-electron chi connectivity index (χ2n) is 5.20. The number of nitro benzene ring substituents is 1. The zero-order valence-electron chi connectivity index (χ0n) is 14.5. The molecule has 0 aromatic heterocycles. The van der Waals surface area contributed by atoms with Gasteiger partial charge in [-0.1, -0.05) is 18.2 Å². The van der Waals surface area contributed by atoms with Gasteiger partial charge in [-0.25, -0.2) is 5.43 Å². The minimum Gasteiger partial charge on any atom is -0.493 e. The highest BCUT2D eigenvalue weighted by Crippen LogP contribution is 2.27. The number of amides is 1. The molecule has 8 nitrogen and oxygen atoms in total. The second-order valence-corrected chi connectivity index (χ2v) is 5.20. The molecule has 0 fully saturated rings. The van der Waals surface area contributed by atoms with Crippen LogP contribution in [0.25, 0.3) is 0 Å². The average molecular weight is 357 g/mol. The van der Waals surface area contributed by atoms with Crippen LogP contribution in [0.15, 0.2) is 47.6 Å². The summed E-state index contributed by atoms with van der Waals surface area (Å²) in [4.78, 5) is 22.4. The fraction of sp³-hybridized carbons (Fsp3) is 0.222. The maximum atomic E-state index is 11.9. The third kappa shape index (κ3) is 5.04. The van der Waals surface area contributed by atoms with Crippen molar-refractivity contribution in [3.05, 3.63) is 63.7 Å². The van der Waals surface area contributed by atoms with Gasteiger partial charge in [-0.3, -0.25) is 14.9 Å². The Bertz CT molecular complexity index is 820. The summed E-state index contributed by atoms with van der Waals surface area (Å²) in [6.45, 7) is 2.40. The molecule has 0 radical (unpaired) electrons. The summed E-state index contributed by atoms with van der Waals surface area (Å²) in [5, 5.41) is 14.8. The lowest BCUT2D eigenvalue weighted by atomic mass is 10.1. The summed E-state index contributed by atoms with van der Waals surface area (Å²) < 4.78 is 10.7. The summed E-state index contributed by atoms with van der Waals surface area (Å²) >= 11 is 0. The van der Waals surface area contributed by atoms with Crippen molar-refractivity contribution < 1.29 is 19.2 Å². The van der Waals surface area contributed by atoms with Crippen LogP contribution >= 0.6 is 0 Å². The normalized spacial score (nSPS) is 10.5. The van der Waals surface area contributed by atoms with Gasteiger partial charge in [-0.05, 0) is 30.7 Å². The summed E-state index contributed by atoms with van der Waals surface area (Å²) in [7, 11) is 1.54. The van der Waals surface area contributed by atoms with Gasteiger partial charge in [0, 0.05) is 11.6 Å². The molecule has 8 heteroatoms. The number of hydrogen-bond acceptors (Lipinski definition) is 6. The third-order valence-electron chi connectivity index (χ3n) is 3.43. The molecule has 2 aromatic rings. The number of methoxy groups -OCH3 is 1. The maximum absolute atomic E-state index is 11.9. The smallest absolute Gasteiger partial charge is 0.273 e. The number of benzene rings is 2. The van der Waals surface area contributed by atoms with Gasteiger partial charge in [-0.2, -0.15) is 5.10 Å². The molecule has 26 heavy (non-hydrogen) atoms. The monoisotopic (exact) mass is 357 g/mol. The first-order chi connectivity index (χ1) is 12.5. The van der Waals surface area contributed by atoms with Crippen LogP contribution in [0.2, 0.25) is 0 Å². The minimum atomic E-state index is -0.516. The number of rotatable bonds is 8. The number of carbonyl (C=O) groups is 1. The van der Waals surface area contributed by atoms with E-state index in [4.69, 9.17) is 9.47 Å². The van der Waals surface area contributed by atoms with Gasteiger partial charge >= 0.3 is 0 Å². The van der Waals surface area contributed by atoms with Crippen LogP contribution < -0.4 is 14.9 Å². The number of hydrazone groups is 1. The lowest BCUT2D eigenvalue weighted by Crippen LogP contribution is -2.20. The number of ether oxygens (including phenoxy) is 2. The van der Waals surface area contributed by atoms with E-state index in [0.29, 0.717) is 29.2 Å².